The summed E-state index contributed by atoms with van der Waals surface area (Å²) in [5, 5.41) is 8.04. The Hall–Kier alpha value is -1.96. The Morgan fingerprint density at radius 1 is 1.18 bits per heavy atom. The van der Waals surface area contributed by atoms with Crippen LogP contribution >= 0.6 is 11.3 Å². The number of aliphatic imine (C=N–C) groups is 1. The van der Waals surface area contributed by atoms with Gasteiger partial charge in [0, 0.05) is 31.6 Å². The zero-order valence-corrected chi connectivity index (χ0v) is 18.1. The lowest BCUT2D eigenvalue weighted by atomic mass is 10.0. The minimum absolute atomic E-state index is 0.287. The molecule has 1 aromatic carbocycles. The molecule has 6 nitrogen and oxygen atoms in total. The monoisotopic (exact) mass is 401 g/mol. The number of nitrogens with zero attached hydrogens (tertiary/aromatic N) is 3. The van der Waals surface area contributed by atoms with Gasteiger partial charge in [-0.05, 0) is 26.3 Å². The minimum atomic E-state index is 0.287. The van der Waals surface area contributed by atoms with Crippen molar-refractivity contribution in [3.05, 3.63) is 51.0 Å². The molecule has 1 aliphatic heterocycles. The van der Waals surface area contributed by atoms with Crippen LogP contribution in [-0.2, 0) is 11.3 Å². The Morgan fingerprint density at radius 2 is 1.89 bits per heavy atom. The summed E-state index contributed by atoms with van der Waals surface area (Å²) >= 11 is 1.73. The van der Waals surface area contributed by atoms with E-state index in [1.54, 1.807) is 11.3 Å². The van der Waals surface area contributed by atoms with Gasteiger partial charge in [0.05, 0.1) is 36.5 Å². The summed E-state index contributed by atoms with van der Waals surface area (Å²) in [6.45, 7) is 11.2. The van der Waals surface area contributed by atoms with E-state index in [1.165, 1.54) is 16.0 Å². The molecule has 7 heteroatoms. The number of hydrogen-bond donors (Lipinski definition) is 2. The summed E-state index contributed by atoms with van der Waals surface area (Å²) in [6, 6.07) is 9.12. The van der Waals surface area contributed by atoms with Gasteiger partial charge in [-0.15, -0.1) is 11.3 Å². The van der Waals surface area contributed by atoms with Crippen molar-refractivity contribution in [2.24, 2.45) is 4.99 Å². The molecule has 0 saturated carbocycles. The molecule has 1 fully saturated rings. The fourth-order valence-electron chi connectivity index (χ4n) is 3.45. The first-order valence-electron chi connectivity index (χ1n) is 9.82. The first kappa shape index (κ1) is 20.8. The van der Waals surface area contributed by atoms with Crippen molar-refractivity contribution in [3.8, 4) is 0 Å². The number of ether oxygens (including phenoxy) is 1. The summed E-state index contributed by atoms with van der Waals surface area (Å²) in [5.74, 6) is 0.816. The Labute approximate surface area is 172 Å². The lowest BCUT2D eigenvalue weighted by molar-refractivity contribution is 0.0170. The van der Waals surface area contributed by atoms with Gasteiger partial charge >= 0.3 is 0 Å². The fourth-order valence-corrected chi connectivity index (χ4v) is 4.33. The number of aromatic nitrogens is 1. The number of thiazole rings is 1. The van der Waals surface area contributed by atoms with Crippen LogP contribution in [0.5, 0.6) is 0 Å². The molecule has 28 heavy (non-hydrogen) atoms. The second-order valence-corrected chi connectivity index (χ2v) is 8.41. The maximum atomic E-state index is 5.55. The number of rotatable bonds is 6. The summed E-state index contributed by atoms with van der Waals surface area (Å²) in [5.41, 5.74) is 3.70. The maximum absolute atomic E-state index is 5.55. The van der Waals surface area contributed by atoms with E-state index >= 15 is 0 Å². The average molecular weight is 402 g/mol. The van der Waals surface area contributed by atoms with Gasteiger partial charge in [0.15, 0.2) is 5.96 Å². The van der Waals surface area contributed by atoms with Crippen molar-refractivity contribution < 1.29 is 4.74 Å². The van der Waals surface area contributed by atoms with Gasteiger partial charge in [0.25, 0.3) is 0 Å². The van der Waals surface area contributed by atoms with Crippen LogP contribution in [0.2, 0.25) is 0 Å². The number of guanidine groups is 1. The van der Waals surface area contributed by atoms with E-state index in [-0.39, 0.29) is 6.04 Å². The van der Waals surface area contributed by atoms with Crippen molar-refractivity contribution in [1.29, 1.82) is 0 Å². The van der Waals surface area contributed by atoms with E-state index in [2.05, 4.69) is 63.6 Å². The Bertz CT molecular complexity index is 781. The standard InChI is InChI=1S/C21H31N5OS/c1-15-5-7-18(8-6-15)19(26-9-11-27-12-10-26)13-23-21(22-4)24-14-20-16(2)25-17(3)28-20/h5-8,19H,9-14H2,1-4H3,(H2,22,23,24). The largest absolute Gasteiger partial charge is 0.379 e. The molecule has 3 rings (SSSR count). The zero-order valence-electron chi connectivity index (χ0n) is 17.3. The van der Waals surface area contributed by atoms with Crippen molar-refractivity contribution in [2.75, 3.05) is 39.9 Å². The van der Waals surface area contributed by atoms with Crippen LogP contribution in [0.4, 0.5) is 0 Å². The van der Waals surface area contributed by atoms with E-state index in [1.807, 2.05) is 14.0 Å². The van der Waals surface area contributed by atoms with Crippen molar-refractivity contribution >= 4 is 17.3 Å². The SMILES string of the molecule is CN=C(NCc1sc(C)nc1C)NCC(c1ccc(C)cc1)N1CCOCC1. The molecule has 0 radical (unpaired) electrons. The Kier molecular flexibility index (Phi) is 7.42. The molecule has 152 valence electrons. The van der Waals surface area contributed by atoms with Crippen molar-refractivity contribution in [3.63, 3.8) is 0 Å². The summed E-state index contributed by atoms with van der Waals surface area (Å²) in [7, 11) is 1.82. The lowest BCUT2D eigenvalue weighted by Crippen LogP contribution is -2.46. The minimum Gasteiger partial charge on any atom is -0.379 e. The second kappa shape index (κ2) is 10.0. The van der Waals surface area contributed by atoms with Crippen LogP contribution < -0.4 is 10.6 Å². The molecular formula is C21H31N5OS. The fraction of sp³-hybridized carbons (Fsp3) is 0.524. The van der Waals surface area contributed by atoms with Gasteiger partial charge < -0.3 is 15.4 Å². The molecule has 0 aliphatic carbocycles. The van der Waals surface area contributed by atoms with Crippen molar-refractivity contribution in [1.82, 2.24) is 20.5 Å². The Balaban J connectivity index is 1.63. The second-order valence-electron chi connectivity index (χ2n) is 7.12. The number of benzene rings is 1. The highest BCUT2D eigenvalue weighted by Crippen LogP contribution is 2.22. The van der Waals surface area contributed by atoms with E-state index in [0.29, 0.717) is 0 Å². The molecule has 2 aromatic rings. The van der Waals surface area contributed by atoms with E-state index in [0.717, 1.165) is 56.1 Å². The third-order valence-electron chi connectivity index (χ3n) is 5.05. The van der Waals surface area contributed by atoms with Crippen LogP contribution in [0, 0.1) is 20.8 Å². The van der Waals surface area contributed by atoms with Gasteiger partial charge in [-0.1, -0.05) is 29.8 Å². The Morgan fingerprint density at radius 3 is 2.50 bits per heavy atom. The molecule has 1 aliphatic rings. The number of aryl methyl sites for hydroxylation is 3. The van der Waals surface area contributed by atoms with Crippen LogP contribution in [0.3, 0.4) is 0 Å². The molecule has 0 amide bonds. The molecule has 1 saturated heterocycles. The number of nitrogens with one attached hydrogen (secondary N) is 2. The maximum Gasteiger partial charge on any atom is 0.191 e. The number of morpholine rings is 1. The highest BCUT2D eigenvalue weighted by atomic mass is 32.1. The summed E-state index contributed by atoms with van der Waals surface area (Å²) < 4.78 is 5.55. The number of hydrogen-bond acceptors (Lipinski definition) is 5. The van der Waals surface area contributed by atoms with Gasteiger partial charge in [-0.2, -0.15) is 0 Å². The predicted molar refractivity (Wildman–Crippen MR) is 116 cm³/mol. The molecular weight excluding hydrogens is 370 g/mol. The van der Waals surface area contributed by atoms with E-state index in [9.17, 15) is 0 Å². The third kappa shape index (κ3) is 5.53. The van der Waals surface area contributed by atoms with Gasteiger partial charge in [-0.3, -0.25) is 9.89 Å². The zero-order chi connectivity index (χ0) is 19.9. The average Bonchev–Trinajstić information content (AvgIpc) is 3.03. The first-order valence-corrected chi connectivity index (χ1v) is 10.6. The molecule has 1 aromatic heterocycles. The van der Waals surface area contributed by atoms with Crippen LogP contribution in [0.1, 0.15) is 32.7 Å². The highest BCUT2D eigenvalue weighted by molar-refractivity contribution is 7.11. The highest BCUT2D eigenvalue weighted by Gasteiger charge is 2.23. The van der Waals surface area contributed by atoms with E-state index in [4.69, 9.17) is 4.74 Å². The molecule has 0 bridgehead atoms. The predicted octanol–water partition coefficient (Wildman–Crippen LogP) is 2.81. The molecule has 2 N–H and O–H groups in total. The quantitative estimate of drug-likeness (QED) is 0.576. The topological polar surface area (TPSA) is 61.8 Å². The normalized spacial score (nSPS) is 16.8. The summed E-state index contributed by atoms with van der Waals surface area (Å²) in [6.07, 6.45) is 0. The molecule has 2 heterocycles. The van der Waals surface area contributed by atoms with Gasteiger partial charge in [-0.25, -0.2) is 4.98 Å². The molecule has 0 spiro atoms. The van der Waals surface area contributed by atoms with Gasteiger partial charge in [0.2, 0.25) is 0 Å². The third-order valence-corrected chi connectivity index (χ3v) is 6.12. The van der Waals surface area contributed by atoms with Crippen molar-refractivity contribution in [2.45, 2.75) is 33.4 Å². The van der Waals surface area contributed by atoms with Crippen LogP contribution in [0.15, 0.2) is 29.3 Å². The summed E-state index contributed by atoms with van der Waals surface area (Å²) in [4.78, 5) is 12.6. The lowest BCUT2D eigenvalue weighted by Gasteiger charge is -2.35. The van der Waals surface area contributed by atoms with E-state index < -0.39 is 0 Å². The van der Waals surface area contributed by atoms with Crippen LogP contribution in [-0.4, -0.2) is 55.7 Å². The van der Waals surface area contributed by atoms with Crippen LogP contribution in [0.25, 0.3) is 0 Å². The molecule has 1 atom stereocenters. The smallest absolute Gasteiger partial charge is 0.191 e. The molecule has 1 unspecified atom stereocenters. The first-order chi connectivity index (χ1) is 13.6. The van der Waals surface area contributed by atoms with Gasteiger partial charge in [0.1, 0.15) is 0 Å².